The van der Waals surface area contributed by atoms with Crippen LogP contribution in [0.15, 0.2) is 0 Å². The number of hydrogen-bond donors (Lipinski definition) is 0. The Hall–Kier alpha value is 6.62. The zero-order valence-electron chi connectivity index (χ0n) is 9.89. The van der Waals surface area contributed by atoms with Gasteiger partial charge in [-0.25, -0.2) is 0 Å². The Bertz CT molecular complexity index is 98.6. The van der Waals surface area contributed by atoms with E-state index in [0.717, 1.165) is 11.8 Å². The van der Waals surface area contributed by atoms with Gasteiger partial charge in [-0.2, -0.15) is 5.92 Å². The molecule has 0 amide bonds. The van der Waals surface area contributed by atoms with Crippen molar-refractivity contribution < 1.29 is 196 Å². The van der Waals surface area contributed by atoms with E-state index in [2.05, 4.69) is 27.2 Å². The van der Waals surface area contributed by atoms with Crippen LogP contribution in [-0.2, 0) is 196 Å². The second-order valence-corrected chi connectivity index (χ2v) is 3.44. The molecule has 15 heavy (non-hydrogen) atoms. The fourth-order valence-electron chi connectivity index (χ4n) is 1.50. The predicted octanol–water partition coefficient (Wildman–Crippen LogP) is 2.69. The summed E-state index contributed by atoms with van der Waals surface area (Å²) in [6.07, 6.45) is 5.08. The van der Waals surface area contributed by atoms with Gasteiger partial charge in [-0.15, -0.1) is 6.42 Å². The van der Waals surface area contributed by atoms with Crippen molar-refractivity contribution in [2.45, 2.75) is 26.7 Å². The predicted molar refractivity (Wildman–Crippen MR) is 40.7 cm³/mol. The third kappa shape index (κ3) is 18.6. The molecule has 1 fully saturated rings. The normalized spacial score (nSPS) is 21.6. The maximum Gasteiger partial charge on any atom is 0 e. The van der Waals surface area contributed by atoms with Crippen molar-refractivity contribution in [2.75, 3.05) is 0 Å². The van der Waals surface area contributed by atoms with Gasteiger partial charge in [0.2, 0.25) is 0 Å². The fourth-order valence-corrected chi connectivity index (χ4v) is 1.50. The molecule has 72 valence electrons. The van der Waals surface area contributed by atoms with E-state index in [1.807, 2.05) is 0 Å². The van der Waals surface area contributed by atoms with Crippen LogP contribution in [0.1, 0.15) is 26.7 Å². The molecular weight excluding hydrogens is 642 g/mol. The van der Waals surface area contributed by atoms with Crippen molar-refractivity contribution in [3.8, 4) is 0 Å². The van der Waals surface area contributed by atoms with E-state index in [-0.39, 0.29) is 196 Å². The Morgan fingerprint density at radius 2 is 1.33 bits per heavy atom. The van der Waals surface area contributed by atoms with Crippen LogP contribution in [0.2, 0.25) is 0 Å². The Kier molecular flexibility index (Phi) is 57.5. The first-order valence-corrected chi connectivity index (χ1v) is 3.88. The molecule has 0 nitrogen and oxygen atoms in total. The van der Waals surface area contributed by atoms with E-state index in [0.29, 0.717) is 5.92 Å². The summed E-state index contributed by atoms with van der Waals surface area (Å²) in [5.74, 6) is 2.32. The largest absolute Gasteiger partial charge is 0.369 e. The molecule has 0 aromatic rings. The third-order valence-electron chi connectivity index (χ3n) is 2.25. The quantitative estimate of drug-likeness (QED) is 0.381. The molecule has 0 N–H and O–H groups in total. The molecule has 1 rings (SSSR count). The first-order valence-electron chi connectivity index (χ1n) is 3.88. The number of rotatable bonds is 1. The smallest absolute Gasteiger partial charge is 0 e. The average Bonchev–Trinajstić information content (AvgIpc) is 2.14. The average molecular weight is 658 g/mol. The second kappa shape index (κ2) is 22.9. The molecule has 0 saturated heterocycles. The van der Waals surface area contributed by atoms with E-state index in [9.17, 15) is 0 Å². The van der Waals surface area contributed by atoms with E-state index in [4.69, 9.17) is 0 Å². The van der Waals surface area contributed by atoms with Crippen LogP contribution in [0, 0.1) is 31.1 Å². The second-order valence-electron chi connectivity index (χ2n) is 3.44. The molecule has 0 aromatic carbocycles. The zero-order valence-corrected chi connectivity index (χ0v) is 26.9. The van der Waals surface area contributed by atoms with Gasteiger partial charge in [0.05, 0.1) is 0 Å². The van der Waals surface area contributed by atoms with E-state index < -0.39 is 0 Å². The molecule has 6 radical (unpaired) electrons. The van der Waals surface area contributed by atoms with Crippen molar-refractivity contribution in [1.29, 1.82) is 0 Å². The Labute approximate surface area is 247 Å². The van der Waals surface area contributed by atoms with Gasteiger partial charge in [0.15, 0.2) is 0 Å². The van der Waals surface area contributed by atoms with Gasteiger partial charge in [0.25, 0.3) is 0 Å². The van der Waals surface area contributed by atoms with Gasteiger partial charge in [-0.3, -0.25) is 0 Å². The monoisotopic (exact) mass is 658 g/mol. The summed E-state index contributed by atoms with van der Waals surface area (Å²) < 4.78 is 0. The van der Waals surface area contributed by atoms with Crippen LogP contribution >= 0.6 is 0 Å². The Morgan fingerprint density at radius 3 is 1.47 bits per heavy atom. The summed E-state index contributed by atoms with van der Waals surface area (Å²) in [5.41, 5.74) is 0. The van der Waals surface area contributed by atoms with Crippen molar-refractivity contribution in [2.24, 2.45) is 17.8 Å². The van der Waals surface area contributed by atoms with Crippen LogP contribution in [0.3, 0.4) is 0 Å². The molecule has 0 heterocycles. The van der Waals surface area contributed by atoms with Gasteiger partial charge < -0.3 is 19.3 Å². The molecule has 1 saturated carbocycles. The maximum atomic E-state index is 4.01. The molecule has 0 spiro atoms. The van der Waals surface area contributed by atoms with E-state index in [1.165, 1.54) is 12.8 Å². The first-order chi connectivity index (χ1) is 4.20. The molecule has 6 heteroatoms. The van der Waals surface area contributed by atoms with Crippen molar-refractivity contribution in [1.82, 2.24) is 0 Å². The van der Waals surface area contributed by atoms with Crippen LogP contribution in [-0.4, -0.2) is 0 Å². The molecular formula is C9H16Y6-2. The molecule has 0 bridgehead atoms. The topological polar surface area (TPSA) is 0 Å². The summed E-state index contributed by atoms with van der Waals surface area (Å²) in [6, 6.07) is 0. The summed E-state index contributed by atoms with van der Waals surface area (Å²) >= 11 is 0. The summed E-state index contributed by atoms with van der Waals surface area (Å²) in [5, 5.41) is 0. The Balaban J connectivity index is -0.0000000337. The minimum absolute atomic E-state index is 0. The molecule has 2 atom stereocenters. The van der Waals surface area contributed by atoms with Gasteiger partial charge in [0.1, 0.15) is 0 Å². The SMILES string of the molecule is [CH2-]C1[CH-]C(C(C)C)CC1.[Y].[Y].[Y].[Y].[Y].[Y]. The van der Waals surface area contributed by atoms with E-state index in [1.54, 1.807) is 0 Å². The number of hydrogen-bond acceptors (Lipinski definition) is 0. The maximum absolute atomic E-state index is 4.01. The van der Waals surface area contributed by atoms with Crippen molar-refractivity contribution in [3.05, 3.63) is 13.3 Å². The van der Waals surface area contributed by atoms with Crippen molar-refractivity contribution >= 4 is 0 Å². The summed E-state index contributed by atoms with van der Waals surface area (Å²) in [4.78, 5) is 0. The third-order valence-corrected chi connectivity index (χ3v) is 2.25. The van der Waals surface area contributed by atoms with Gasteiger partial charge in [-0.05, 0) is 0 Å². The van der Waals surface area contributed by atoms with Gasteiger partial charge in [-0.1, -0.05) is 26.2 Å². The summed E-state index contributed by atoms with van der Waals surface area (Å²) in [6.45, 7) is 8.60. The van der Waals surface area contributed by atoms with Crippen LogP contribution in [0.4, 0.5) is 0 Å². The van der Waals surface area contributed by atoms with E-state index >= 15 is 0 Å². The fraction of sp³-hybridized carbons (Fsp3) is 0.778. The molecule has 1 aliphatic carbocycles. The summed E-state index contributed by atoms with van der Waals surface area (Å²) in [7, 11) is 0. The molecule has 0 aromatic heterocycles. The molecule has 1 aliphatic rings. The minimum Gasteiger partial charge on any atom is -0.369 e. The zero-order chi connectivity index (χ0) is 6.85. The molecule has 2 unspecified atom stereocenters. The first kappa shape index (κ1) is 37.7. The standard InChI is InChI=1S/C9H16.6Y/c1-7(2)9-5-4-8(3)6-9;;;;;;/h6-9H,3-5H2,1-2H3;;;;;;/q-2;;;;;;. The molecule has 0 aliphatic heterocycles. The van der Waals surface area contributed by atoms with Crippen LogP contribution in [0.5, 0.6) is 0 Å². The van der Waals surface area contributed by atoms with Crippen molar-refractivity contribution in [3.63, 3.8) is 0 Å². The van der Waals surface area contributed by atoms with Gasteiger partial charge >= 0.3 is 0 Å². The van der Waals surface area contributed by atoms with Crippen LogP contribution in [0.25, 0.3) is 0 Å². The van der Waals surface area contributed by atoms with Gasteiger partial charge in [0, 0.05) is 196 Å². The Morgan fingerprint density at radius 1 is 0.933 bits per heavy atom. The van der Waals surface area contributed by atoms with Crippen LogP contribution < -0.4 is 0 Å². The minimum atomic E-state index is 0.